The Bertz CT molecular complexity index is 427. The molecule has 0 spiro atoms. The molecule has 1 aliphatic heterocycles. The van der Waals surface area contributed by atoms with Crippen LogP contribution in [0.1, 0.15) is 71.6 Å². The predicted molar refractivity (Wildman–Crippen MR) is 81.3 cm³/mol. The molecule has 2 atom stereocenters. The number of rotatable bonds is 6. The van der Waals surface area contributed by atoms with Gasteiger partial charge in [0.05, 0.1) is 6.42 Å². The Hall–Kier alpha value is -1.52. The van der Waals surface area contributed by atoms with E-state index >= 15 is 0 Å². The van der Waals surface area contributed by atoms with Crippen molar-refractivity contribution in [3.8, 4) is 0 Å². The second-order valence-electron chi connectivity index (χ2n) is 6.12. The minimum Gasteiger partial charge on any atom is -0.462 e. The summed E-state index contributed by atoms with van der Waals surface area (Å²) in [4.78, 5) is 46.8. The molecule has 0 radical (unpaired) electrons. The summed E-state index contributed by atoms with van der Waals surface area (Å²) in [6.45, 7) is 3.39. The Labute approximate surface area is 131 Å². The van der Waals surface area contributed by atoms with Gasteiger partial charge in [-0.15, -0.1) is 0 Å². The third-order valence-corrected chi connectivity index (χ3v) is 3.93. The lowest BCUT2D eigenvalue weighted by Crippen LogP contribution is -2.25. The topological polar surface area (TPSA) is 77.5 Å². The summed E-state index contributed by atoms with van der Waals surface area (Å²) >= 11 is 0. The second-order valence-corrected chi connectivity index (χ2v) is 6.12. The number of carbonyl (C=O) groups excluding carboxylic acids is 4. The number of ether oxygens (including phenoxy) is 1. The molecule has 0 amide bonds. The highest BCUT2D eigenvalue weighted by molar-refractivity contribution is 5.99. The van der Waals surface area contributed by atoms with E-state index in [2.05, 4.69) is 0 Å². The molecule has 0 aromatic carbocycles. The van der Waals surface area contributed by atoms with Crippen LogP contribution in [-0.4, -0.2) is 29.4 Å². The molecule has 1 rings (SSSR count). The van der Waals surface area contributed by atoms with E-state index in [0.717, 1.165) is 12.8 Å². The van der Waals surface area contributed by atoms with E-state index in [-0.39, 0.29) is 54.6 Å². The van der Waals surface area contributed by atoms with Crippen LogP contribution < -0.4 is 0 Å². The Balaban J connectivity index is 2.65. The lowest BCUT2D eigenvalue weighted by molar-refractivity contribution is -0.151. The molecular formula is C17H26O5. The van der Waals surface area contributed by atoms with Crippen LogP contribution in [0.2, 0.25) is 0 Å². The van der Waals surface area contributed by atoms with E-state index in [4.69, 9.17) is 4.74 Å². The predicted octanol–water partition coefficient (Wildman–Crippen LogP) is 2.79. The number of hydrogen-bond acceptors (Lipinski definition) is 5. The zero-order valence-electron chi connectivity index (χ0n) is 13.6. The van der Waals surface area contributed by atoms with Crippen molar-refractivity contribution in [3.63, 3.8) is 0 Å². The van der Waals surface area contributed by atoms with E-state index in [1.54, 1.807) is 0 Å². The highest BCUT2D eigenvalue weighted by Gasteiger charge is 2.25. The number of Topliss-reactive ketones (excluding diaryl/α,β-unsaturated/α-hetero) is 3. The molecule has 5 nitrogen and oxygen atoms in total. The van der Waals surface area contributed by atoms with Gasteiger partial charge in [-0.05, 0) is 32.6 Å². The van der Waals surface area contributed by atoms with Gasteiger partial charge in [-0.2, -0.15) is 0 Å². The van der Waals surface area contributed by atoms with Gasteiger partial charge in [0.1, 0.15) is 23.5 Å². The lowest BCUT2D eigenvalue weighted by Gasteiger charge is -2.21. The van der Waals surface area contributed by atoms with Gasteiger partial charge in [-0.25, -0.2) is 0 Å². The largest absolute Gasteiger partial charge is 0.462 e. The van der Waals surface area contributed by atoms with Gasteiger partial charge in [0.25, 0.3) is 0 Å². The van der Waals surface area contributed by atoms with Crippen LogP contribution in [0.15, 0.2) is 0 Å². The first-order chi connectivity index (χ1) is 10.4. The fraction of sp³-hybridized carbons (Fsp3) is 0.765. The minimum absolute atomic E-state index is 0.0518. The maximum Gasteiger partial charge on any atom is 0.306 e. The average molecular weight is 310 g/mol. The normalized spacial score (nSPS) is 23.7. The molecule has 0 aromatic rings. The molecule has 1 heterocycles. The summed E-state index contributed by atoms with van der Waals surface area (Å²) in [5.41, 5.74) is 0. The van der Waals surface area contributed by atoms with Gasteiger partial charge in [0.2, 0.25) is 0 Å². The van der Waals surface area contributed by atoms with Crippen LogP contribution >= 0.6 is 0 Å². The highest BCUT2D eigenvalue weighted by atomic mass is 16.5. The van der Waals surface area contributed by atoms with E-state index in [0.29, 0.717) is 25.7 Å². The molecule has 1 aliphatic rings. The van der Waals surface area contributed by atoms with Gasteiger partial charge < -0.3 is 4.74 Å². The van der Waals surface area contributed by atoms with Crippen molar-refractivity contribution in [2.45, 2.75) is 77.7 Å². The van der Waals surface area contributed by atoms with E-state index in [1.807, 2.05) is 6.92 Å². The average Bonchev–Trinajstić information content (AvgIpc) is 2.42. The number of cyclic esters (lactones) is 1. The molecular weight excluding hydrogens is 284 g/mol. The number of esters is 1. The maximum absolute atomic E-state index is 12.3. The molecule has 1 saturated heterocycles. The van der Waals surface area contributed by atoms with Crippen molar-refractivity contribution in [1.82, 2.24) is 0 Å². The smallest absolute Gasteiger partial charge is 0.306 e. The molecule has 0 aliphatic carbocycles. The van der Waals surface area contributed by atoms with Crippen molar-refractivity contribution in [2.24, 2.45) is 5.92 Å². The van der Waals surface area contributed by atoms with Crippen LogP contribution in [0, 0.1) is 5.92 Å². The van der Waals surface area contributed by atoms with Gasteiger partial charge in [0, 0.05) is 25.2 Å². The van der Waals surface area contributed by atoms with E-state index < -0.39 is 0 Å². The molecule has 2 unspecified atom stereocenters. The van der Waals surface area contributed by atoms with Crippen LogP contribution in [0.5, 0.6) is 0 Å². The Kier molecular flexibility index (Phi) is 7.99. The van der Waals surface area contributed by atoms with Crippen LogP contribution in [0.25, 0.3) is 0 Å². The standard InChI is InChI=1S/C17H26O5/c1-3-5-15-8-9-16(20)13(6-4-7-17(21)22-15)11-14(19)10-12(2)18/h13,15H,3-11H2,1-2H3. The van der Waals surface area contributed by atoms with Crippen molar-refractivity contribution in [2.75, 3.05) is 0 Å². The molecule has 0 saturated carbocycles. The lowest BCUT2D eigenvalue weighted by atomic mass is 9.87. The summed E-state index contributed by atoms with van der Waals surface area (Å²) in [7, 11) is 0. The van der Waals surface area contributed by atoms with Gasteiger partial charge in [-0.3, -0.25) is 19.2 Å². The molecule has 0 aromatic heterocycles. The maximum atomic E-state index is 12.3. The molecule has 22 heavy (non-hydrogen) atoms. The fourth-order valence-electron chi connectivity index (χ4n) is 2.83. The highest BCUT2D eigenvalue weighted by Crippen LogP contribution is 2.22. The number of carbonyl (C=O) groups is 4. The Morgan fingerprint density at radius 1 is 1.18 bits per heavy atom. The van der Waals surface area contributed by atoms with Crippen LogP contribution in [0.4, 0.5) is 0 Å². The Morgan fingerprint density at radius 2 is 1.91 bits per heavy atom. The zero-order chi connectivity index (χ0) is 16.5. The van der Waals surface area contributed by atoms with Gasteiger partial charge in [-0.1, -0.05) is 13.3 Å². The van der Waals surface area contributed by atoms with Crippen LogP contribution in [0.3, 0.4) is 0 Å². The quantitative estimate of drug-likeness (QED) is 0.557. The molecule has 1 fully saturated rings. The van der Waals surface area contributed by atoms with Gasteiger partial charge in [0.15, 0.2) is 0 Å². The molecule has 124 valence electrons. The fourth-order valence-corrected chi connectivity index (χ4v) is 2.83. The summed E-state index contributed by atoms with van der Waals surface area (Å²) < 4.78 is 5.38. The first kappa shape index (κ1) is 18.5. The van der Waals surface area contributed by atoms with Crippen molar-refractivity contribution in [1.29, 1.82) is 0 Å². The Morgan fingerprint density at radius 3 is 2.55 bits per heavy atom. The number of ketones is 3. The van der Waals surface area contributed by atoms with Crippen molar-refractivity contribution < 1.29 is 23.9 Å². The second kappa shape index (κ2) is 9.49. The van der Waals surface area contributed by atoms with Gasteiger partial charge >= 0.3 is 5.97 Å². The molecule has 0 N–H and O–H groups in total. The van der Waals surface area contributed by atoms with E-state index in [9.17, 15) is 19.2 Å². The molecule has 5 heteroatoms. The van der Waals surface area contributed by atoms with Crippen LogP contribution in [-0.2, 0) is 23.9 Å². The SMILES string of the molecule is CCCC1CCC(=O)C(CC(=O)CC(C)=O)CCCC(=O)O1. The first-order valence-corrected chi connectivity index (χ1v) is 8.15. The zero-order valence-corrected chi connectivity index (χ0v) is 13.6. The summed E-state index contributed by atoms with van der Waals surface area (Å²) in [5, 5.41) is 0. The third kappa shape index (κ3) is 6.96. The monoisotopic (exact) mass is 310 g/mol. The minimum atomic E-state index is -0.361. The summed E-state index contributed by atoms with van der Waals surface area (Å²) in [6, 6.07) is 0. The first-order valence-electron chi connectivity index (χ1n) is 8.15. The number of hydrogen-bond donors (Lipinski definition) is 0. The van der Waals surface area contributed by atoms with E-state index in [1.165, 1.54) is 6.92 Å². The third-order valence-electron chi connectivity index (χ3n) is 3.93. The van der Waals surface area contributed by atoms with Crippen molar-refractivity contribution >= 4 is 23.3 Å². The summed E-state index contributed by atoms with van der Waals surface area (Å²) in [5.74, 6) is -0.892. The molecule has 0 bridgehead atoms. The van der Waals surface area contributed by atoms with Crippen molar-refractivity contribution in [3.05, 3.63) is 0 Å². The summed E-state index contributed by atoms with van der Waals surface area (Å²) in [6.07, 6.45) is 3.65.